The normalized spacial score (nSPS) is 11.2. The Kier molecular flexibility index (Phi) is 7.02. The molecular weight excluding hydrogens is 491 g/mol. The smallest absolute Gasteiger partial charge is 0.412 e. The fourth-order valence-corrected chi connectivity index (χ4v) is 3.78. The highest BCUT2D eigenvalue weighted by atomic mass is 32.2. The van der Waals surface area contributed by atoms with Gasteiger partial charge in [0.25, 0.3) is 0 Å². The maximum Gasteiger partial charge on any atom is 0.412 e. The average Bonchev–Trinajstić information content (AvgIpc) is 3.20. The second-order valence-corrected chi connectivity index (χ2v) is 9.92. The minimum Gasteiger partial charge on any atom is -0.495 e. The van der Waals surface area contributed by atoms with Crippen LogP contribution in [0.25, 0.3) is 22.3 Å². The number of halogens is 1. The number of benzene rings is 3. The van der Waals surface area contributed by atoms with Crippen LogP contribution in [0.5, 0.6) is 23.0 Å². The van der Waals surface area contributed by atoms with Crippen molar-refractivity contribution in [2.45, 2.75) is 0 Å². The summed E-state index contributed by atoms with van der Waals surface area (Å²) in [6.07, 6.45) is 0.405. The van der Waals surface area contributed by atoms with Crippen molar-refractivity contribution in [3.63, 3.8) is 0 Å². The zero-order chi connectivity index (χ0) is 25.9. The van der Waals surface area contributed by atoms with Crippen LogP contribution in [-0.2, 0) is 9.84 Å². The molecule has 0 radical (unpaired) electrons. The van der Waals surface area contributed by atoms with Crippen LogP contribution >= 0.6 is 0 Å². The summed E-state index contributed by atoms with van der Waals surface area (Å²) < 4.78 is 59.0. The predicted molar refractivity (Wildman–Crippen MR) is 133 cm³/mol. The van der Waals surface area contributed by atoms with Crippen molar-refractivity contribution >= 4 is 32.6 Å². The first-order chi connectivity index (χ1) is 17.2. The summed E-state index contributed by atoms with van der Waals surface area (Å²) in [6.45, 7) is 0. The third-order valence-electron chi connectivity index (χ3n) is 5.05. The average molecular weight is 515 g/mol. The van der Waals surface area contributed by atoms with E-state index in [0.29, 0.717) is 39.5 Å². The lowest BCUT2D eigenvalue weighted by atomic mass is 10.1. The standard InChI is InChI=1S/C25H23FN2O7S/c1-27-25(29)35-24-19-12-22(32-2)20(28-14-36(3,30)31)13-21(19)34-23(24)15-4-8-17(9-5-15)33-18-10-6-16(26)7-11-18/h4-13,28H,14H2,1-3H3,(H,27,29). The Labute approximate surface area is 206 Å². The van der Waals surface area contributed by atoms with Gasteiger partial charge in [0.1, 0.15) is 34.5 Å². The van der Waals surface area contributed by atoms with Crippen molar-refractivity contribution < 1.29 is 36.2 Å². The van der Waals surface area contributed by atoms with E-state index in [9.17, 15) is 17.6 Å². The molecule has 0 aliphatic heterocycles. The van der Waals surface area contributed by atoms with Gasteiger partial charge in [0.05, 0.1) is 18.2 Å². The Morgan fingerprint density at radius 2 is 1.67 bits per heavy atom. The molecule has 0 unspecified atom stereocenters. The van der Waals surface area contributed by atoms with E-state index in [0.717, 1.165) is 6.26 Å². The quantitative estimate of drug-likeness (QED) is 0.331. The van der Waals surface area contributed by atoms with Gasteiger partial charge in [-0.2, -0.15) is 0 Å². The summed E-state index contributed by atoms with van der Waals surface area (Å²) in [7, 11) is -0.432. The molecule has 1 amide bonds. The van der Waals surface area contributed by atoms with Crippen molar-refractivity contribution in [1.29, 1.82) is 0 Å². The second kappa shape index (κ2) is 10.2. The first-order valence-corrected chi connectivity index (χ1v) is 12.7. The van der Waals surface area contributed by atoms with Gasteiger partial charge in [-0.1, -0.05) is 0 Å². The second-order valence-electron chi connectivity index (χ2n) is 7.78. The minimum absolute atomic E-state index is 0.157. The zero-order valence-electron chi connectivity index (χ0n) is 19.6. The van der Waals surface area contributed by atoms with Crippen LogP contribution in [0.3, 0.4) is 0 Å². The number of amides is 1. The molecule has 0 saturated carbocycles. The molecule has 4 rings (SSSR count). The van der Waals surface area contributed by atoms with Crippen molar-refractivity contribution in [3.05, 3.63) is 66.5 Å². The molecule has 0 saturated heterocycles. The van der Waals surface area contributed by atoms with Crippen molar-refractivity contribution in [2.24, 2.45) is 0 Å². The van der Waals surface area contributed by atoms with Gasteiger partial charge in [0.2, 0.25) is 0 Å². The summed E-state index contributed by atoms with van der Waals surface area (Å²) in [5.74, 6) is 1.07. The summed E-state index contributed by atoms with van der Waals surface area (Å²) in [4.78, 5) is 12.1. The van der Waals surface area contributed by atoms with E-state index >= 15 is 0 Å². The summed E-state index contributed by atoms with van der Waals surface area (Å²) in [6, 6.07) is 15.6. The predicted octanol–water partition coefficient (Wildman–Crippen LogP) is 5.17. The lowest BCUT2D eigenvalue weighted by molar-refractivity contribution is 0.203. The molecule has 0 atom stereocenters. The van der Waals surface area contributed by atoms with Gasteiger partial charge < -0.3 is 29.3 Å². The van der Waals surface area contributed by atoms with Crippen LogP contribution in [0.15, 0.2) is 65.1 Å². The van der Waals surface area contributed by atoms with E-state index in [4.69, 9.17) is 18.6 Å². The molecule has 0 aliphatic carbocycles. The number of nitrogens with one attached hydrogen (secondary N) is 2. The number of ether oxygens (including phenoxy) is 3. The first-order valence-electron chi connectivity index (χ1n) is 10.7. The Balaban J connectivity index is 1.73. The van der Waals surface area contributed by atoms with E-state index in [1.54, 1.807) is 36.4 Å². The van der Waals surface area contributed by atoms with Crippen LogP contribution in [-0.4, -0.2) is 40.8 Å². The van der Waals surface area contributed by atoms with E-state index < -0.39 is 15.9 Å². The topological polar surface area (TPSA) is 116 Å². The molecule has 2 N–H and O–H groups in total. The lowest BCUT2D eigenvalue weighted by Gasteiger charge is -2.10. The molecule has 4 aromatic rings. The Hall–Kier alpha value is -4.25. The number of methoxy groups -OCH3 is 1. The lowest BCUT2D eigenvalue weighted by Crippen LogP contribution is -2.22. The van der Waals surface area contributed by atoms with Crippen LogP contribution in [0, 0.1) is 5.82 Å². The number of furan rings is 1. The summed E-state index contributed by atoms with van der Waals surface area (Å²) >= 11 is 0. The molecular formula is C25H23FN2O7S. The molecule has 1 heterocycles. The molecule has 0 bridgehead atoms. The van der Waals surface area contributed by atoms with Crippen LogP contribution < -0.4 is 24.8 Å². The Morgan fingerprint density at radius 3 is 2.25 bits per heavy atom. The molecule has 0 fully saturated rings. The maximum atomic E-state index is 13.1. The third-order valence-corrected chi connectivity index (χ3v) is 5.72. The number of hydrogen-bond acceptors (Lipinski definition) is 8. The Morgan fingerprint density at radius 1 is 1.03 bits per heavy atom. The monoisotopic (exact) mass is 514 g/mol. The highest BCUT2D eigenvalue weighted by molar-refractivity contribution is 7.90. The van der Waals surface area contributed by atoms with Gasteiger partial charge in [-0.05, 0) is 54.6 Å². The Bertz CT molecular complexity index is 1500. The number of sulfone groups is 1. The molecule has 1 aromatic heterocycles. The summed E-state index contributed by atoms with van der Waals surface area (Å²) in [5, 5.41) is 5.67. The fraction of sp³-hybridized carbons (Fsp3) is 0.160. The zero-order valence-corrected chi connectivity index (χ0v) is 20.4. The first kappa shape index (κ1) is 24.9. The van der Waals surface area contributed by atoms with Gasteiger partial charge >= 0.3 is 6.09 Å². The van der Waals surface area contributed by atoms with E-state index in [-0.39, 0.29) is 23.2 Å². The molecule has 36 heavy (non-hydrogen) atoms. The fourth-order valence-electron chi connectivity index (χ4n) is 3.36. The highest BCUT2D eigenvalue weighted by Crippen LogP contribution is 2.44. The maximum absolute atomic E-state index is 13.1. The minimum atomic E-state index is -3.30. The van der Waals surface area contributed by atoms with Crippen LogP contribution in [0.2, 0.25) is 0 Å². The molecule has 3 aromatic carbocycles. The summed E-state index contributed by atoms with van der Waals surface area (Å²) in [5.41, 5.74) is 1.32. The number of rotatable bonds is 8. The number of carbonyl (C=O) groups is 1. The van der Waals surface area contributed by atoms with Gasteiger partial charge in [-0.15, -0.1) is 0 Å². The number of fused-ring (bicyclic) bond motifs is 1. The van der Waals surface area contributed by atoms with Crippen molar-refractivity contribution in [3.8, 4) is 34.3 Å². The van der Waals surface area contributed by atoms with Crippen molar-refractivity contribution in [2.75, 3.05) is 31.6 Å². The van der Waals surface area contributed by atoms with E-state index in [2.05, 4.69) is 10.6 Å². The molecule has 11 heteroatoms. The molecule has 9 nitrogen and oxygen atoms in total. The number of anilines is 1. The molecule has 188 valence electrons. The van der Waals surface area contributed by atoms with Crippen LogP contribution in [0.4, 0.5) is 14.9 Å². The highest BCUT2D eigenvalue weighted by Gasteiger charge is 2.22. The van der Waals surface area contributed by atoms with Crippen LogP contribution in [0.1, 0.15) is 0 Å². The van der Waals surface area contributed by atoms with Gasteiger partial charge in [-0.3, -0.25) is 0 Å². The van der Waals surface area contributed by atoms with Gasteiger partial charge in [0, 0.05) is 24.9 Å². The van der Waals surface area contributed by atoms with E-state index in [1.165, 1.54) is 38.4 Å². The van der Waals surface area contributed by atoms with Crippen molar-refractivity contribution in [1.82, 2.24) is 5.32 Å². The van der Waals surface area contributed by atoms with Gasteiger partial charge in [-0.25, -0.2) is 17.6 Å². The molecule has 0 spiro atoms. The third kappa shape index (κ3) is 5.69. The molecule has 0 aliphatic rings. The SMILES string of the molecule is CNC(=O)Oc1c(-c2ccc(Oc3ccc(F)cc3)cc2)oc2cc(NCS(C)(=O)=O)c(OC)cc12. The van der Waals surface area contributed by atoms with E-state index in [1.807, 2.05) is 0 Å². The van der Waals surface area contributed by atoms with Gasteiger partial charge in [0.15, 0.2) is 21.3 Å². The largest absolute Gasteiger partial charge is 0.495 e. The number of hydrogen-bond donors (Lipinski definition) is 2. The number of carbonyl (C=O) groups excluding carboxylic acids is 1.